The minimum Gasteiger partial charge on any atom is -0.497 e. The second-order valence-corrected chi connectivity index (χ2v) is 7.45. The predicted molar refractivity (Wildman–Crippen MR) is 116 cm³/mol. The van der Waals surface area contributed by atoms with Crippen LogP contribution in [0.2, 0.25) is 0 Å². The van der Waals surface area contributed by atoms with Crippen LogP contribution >= 0.6 is 0 Å². The van der Waals surface area contributed by atoms with E-state index in [1.165, 1.54) is 0 Å². The Morgan fingerprint density at radius 3 is 2.41 bits per heavy atom. The quantitative estimate of drug-likeness (QED) is 0.657. The van der Waals surface area contributed by atoms with Crippen LogP contribution in [0.1, 0.15) is 38.8 Å². The number of benzene rings is 2. The number of carbonyl (C=O) groups excluding carboxylic acids is 2. The Kier molecular flexibility index (Phi) is 8.52. The summed E-state index contributed by atoms with van der Waals surface area (Å²) < 4.78 is 5.20. The summed E-state index contributed by atoms with van der Waals surface area (Å²) >= 11 is 0. The second-order valence-electron chi connectivity index (χ2n) is 7.45. The smallest absolute Gasteiger partial charge is 0.321 e. The molecule has 2 rings (SSSR count). The normalized spacial score (nSPS) is 11.6. The zero-order chi connectivity index (χ0) is 21.2. The SMILES string of the molecule is COc1cccc(NC(=O)N(CCC(=O)NC(C)c2ccccc2)CC(C)C)c1. The summed E-state index contributed by atoms with van der Waals surface area (Å²) in [6.45, 7) is 6.96. The fourth-order valence-electron chi connectivity index (χ4n) is 3.00. The summed E-state index contributed by atoms with van der Waals surface area (Å²) in [5, 5.41) is 5.88. The third-order valence-corrected chi connectivity index (χ3v) is 4.48. The predicted octanol–water partition coefficient (Wildman–Crippen LogP) is 4.45. The van der Waals surface area contributed by atoms with Gasteiger partial charge in [-0.1, -0.05) is 50.2 Å². The van der Waals surface area contributed by atoms with Gasteiger partial charge in [-0.25, -0.2) is 4.79 Å². The molecule has 1 unspecified atom stereocenters. The van der Waals surface area contributed by atoms with Gasteiger partial charge in [0.1, 0.15) is 5.75 Å². The lowest BCUT2D eigenvalue weighted by molar-refractivity contribution is -0.121. The molecule has 0 saturated heterocycles. The second kappa shape index (κ2) is 11.1. The summed E-state index contributed by atoms with van der Waals surface area (Å²) in [7, 11) is 1.58. The molecule has 0 radical (unpaired) electrons. The highest BCUT2D eigenvalue weighted by molar-refractivity contribution is 5.90. The van der Waals surface area contributed by atoms with Gasteiger partial charge in [-0.15, -0.1) is 0 Å². The average molecular weight is 398 g/mol. The van der Waals surface area contributed by atoms with E-state index in [1.54, 1.807) is 18.1 Å². The van der Waals surface area contributed by atoms with Gasteiger partial charge < -0.3 is 20.3 Å². The third kappa shape index (κ3) is 7.49. The topological polar surface area (TPSA) is 70.7 Å². The van der Waals surface area contributed by atoms with Crippen LogP contribution < -0.4 is 15.4 Å². The summed E-state index contributed by atoms with van der Waals surface area (Å²) in [6.07, 6.45) is 0.245. The Morgan fingerprint density at radius 1 is 1.03 bits per heavy atom. The number of anilines is 1. The molecule has 3 amide bonds. The molecular formula is C23H31N3O3. The maximum Gasteiger partial charge on any atom is 0.321 e. The van der Waals surface area contributed by atoms with Crippen molar-refractivity contribution in [3.8, 4) is 5.75 Å². The maximum atomic E-state index is 12.7. The van der Waals surface area contributed by atoms with Crippen LogP contribution in [0.4, 0.5) is 10.5 Å². The number of hydrogen-bond donors (Lipinski definition) is 2. The van der Waals surface area contributed by atoms with Gasteiger partial charge in [-0.2, -0.15) is 0 Å². The summed E-state index contributed by atoms with van der Waals surface area (Å²) in [5.74, 6) is 0.883. The van der Waals surface area contributed by atoms with Crippen molar-refractivity contribution in [2.24, 2.45) is 5.92 Å². The molecule has 2 N–H and O–H groups in total. The summed E-state index contributed by atoms with van der Waals surface area (Å²) in [6, 6.07) is 16.7. The number of nitrogens with one attached hydrogen (secondary N) is 2. The van der Waals surface area contributed by atoms with Crippen molar-refractivity contribution in [1.82, 2.24) is 10.2 Å². The van der Waals surface area contributed by atoms with E-state index in [2.05, 4.69) is 10.6 Å². The monoisotopic (exact) mass is 397 g/mol. The largest absolute Gasteiger partial charge is 0.497 e. The van der Waals surface area contributed by atoms with Crippen molar-refractivity contribution < 1.29 is 14.3 Å². The standard InChI is InChI=1S/C23H31N3O3/c1-17(2)16-26(23(28)25-20-11-8-12-21(15-20)29-4)14-13-22(27)24-18(3)19-9-6-5-7-10-19/h5-12,15,17-18H,13-14,16H2,1-4H3,(H,24,27)(H,25,28). The zero-order valence-electron chi connectivity index (χ0n) is 17.6. The molecule has 6 nitrogen and oxygen atoms in total. The molecule has 6 heteroatoms. The van der Waals surface area contributed by atoms with E-state index in [-0.39, 0.29) is 30.3 Å². The Labute approximate surface area is 173 Å². The molecule has 2 aromatic carbocycles. The number of nitrogens with zero attached hydrogens (tertiary/aromatic N) is 1. The molecule has 1 atom stereocenters. The third-order valence-electron chi connectivity index (χ3n) is 4.48. The molecule has 0 spiro atoms. The van der Waals surface area contributed by atoms with E-state index >= 15 is 0 Å². The van der Waals surface area contributed by atoms with Crippen molar-refractivity contribution in [3.05, 3.63) is 60.2 Å². The van der Waals surface area contributed by atoms with Gasteiger partial charge in [0.05, 0.1) is 13.2 Å². The lowest BCUT2D eigenvalue weighted by atomic mass is 10.1. The van der Waals surface area contributed by atoms with Crippen molar-refractivity contribution in [2.45, 2.75) is 33.2 Å². The highest BCUT2D eigenvalue weighted by Gasteiger charge is 2.17. The highest BCUT2D eigenvalue weighted by Crippen LogP contribution is 2.17. The first-order valence-corrected chi connectivity index (χ1v) is 9.93. The van der Waals surface area contributed by atoms with E-state index < -0.39 is 0 Å². The maximum absolute atomic E-state index is 12.7. The van der Waals surface area contributed by atoms with Crippen LogP contribution in [0.3, 0.4) is 0 Å². The number of carbonyl (C=O) groups is 2. The van der Waals surface area contributed by atoms with Gasteiger partial charge in [0.2, 0.25) is 5.91 Å². The van der Waals surface area contributed by atoms with Gasteiger partial charge in [0.25, 0.3) is 0 Å². The summed E-state index contributed by atoms with van der Waals surface area (Å²) in [5.41, 5.74) is 1.71. The first-order chi connectivity index (χ1) is 13.9. The number of amides is 3. The van der Waals surface area contributed by atoms with Crippen LogP contribution in [-0.4, -0.2) is 37.0 Å². The number of methoxy groups -OCH3 is 1. The van der Waals surface area contributed by atoms with E-state index in [0.717, 1.165) is 5.56 Å². The van der Waals surface area contributed by atoms with Crippen LogP contribution in [-0.2, 0) is 4.79 Å². The van der Waals surface area contributed by atoms with E-state index in [9.17, 15) is 9.59 Å². The minimum absolute atomic E-state index is 0.0761. The van der Waals surface area contributed by atoms with E-state index in [0.29, 0.717) is 24.5 Å². The van der Waals surface area contributed by atoms with E-state index in [1.807, 2.05) is 69.3 Å². The number of ether oxygens (including phenoxy) is 1. The summed E-state index contributed by atoms with van der Waals surface area (Å²) in [4.78, 5) is 26.8. The Morgan fingerprint density at radius 2 is 1.76 bits per heavy atom. The molecule has 0 heterocycles. The Balaban J connectivity index is 1.93. The molecule has 0 fully saturated rings. The van der Waals surface area contributed by atoms with Gasteiger partial charge in [0, 0.05) is 31.3 Å². The molecule has 0 bridgehead atoms. The fraction of sp³-hybridized carbons (Fsp3) is 0.391. The van der Waals surface area contributed by atoms with E-state index in [4.69, 9.17) is 4.74 Å². The van der Waals surface area contributed by atoms with Gasteiger partial charge in [0.15, 0.2) is 0 Å². The van der Waals surface area contributed by atoms with Gasteiger partial charge in [-0.3, -0.25) is 4.79 Å². The number of urea groups is 1. The fourth-order valence-corrected chi connectivity index (χ4v) is 3.00. The molecular weight excluding hydrogens is 366 g/mol. The molecule has 0 aromatic heterocycles. The van der Waals surface area contributed by atoms with Crippen LogP contribution in [0.15, 0.2) is 54.6 Å². The van der Waals surface area contributed by atoms with Crippen LogP contribution in [0.5, 0.6) is 5.75 Å². The molecule has 2 aromatic rings. The number of hydrogen-bond acceptors (Lipinski definition) is 3. The zero-order valence-corrected chi connectivity index (χ0v) is 17.6. The van der Waals surface area contributed by atoms with Gasteiger partial charge >= 0.3 is 6.03 Å². The molecule has 29 heavy (non-hydrogen) atoms. The Bertz CT molecular complexity index is 793. The first kappa shape index (κ1) is 22.3. The lowest BCUT2D eigenvalue weighted by Gasteiger charge is -2.25. The molecule has 156 valence electrons. The Hall–Kier alpha value is -3.02. The van der Waals surface area contributed by atoms with Crippen molar-refractivity contribution in [2.75, 3.05) is 25.5 Å². The van der Waals surface area contributed by atoms with Crippen molar-refractivity contribution >= 4 is 17.6 Å². The van der Waals surface area contributed by atoms with Gasteiger partial charge in [-0.05, 0) is 30.5 Å². The molecule has 0 aliphatic heterocycles. The lowest BCUT2D eigenvalue weighted by Crippen LogP contribution is -2.40. The molecule has 0 aliphatic carbocycles. The van der Waals surface area contributed by atoms with Crippen molar-refractivity contribution in [1.29, 1.82) is 0 Å². The highest BCUT2D eigenvalue weighted by atomic mass is 16.5. The first-order valence-electron chi connectivity index (χ1n) is 9.93. The van der Waals surface area contributed by atoms with Crippen LogP contribution in [0, 0.1) is 5.92 Å². The average Bonchev–Trinajstić information content (AvgIpc) is 2.71. The number of rotatable bonds is 9. The minimum atomic E-state index is -0.226. The van der Waals surface area contributed by atoms with Crippen LogP contribution in [0.25, 0.3) is 0 Å². The molecule has 0 aliphatic rings. The molecule has 0 saturated carbocycles. The van der Waals surface area contributed by atoms with Crippen molar-refractivity contribution in [3.63, 3.8) is 0 Å².